The van der Waals surface area contributed by atoms with Crippen LogP contribution in [0.25, 0.3) is 0 Å². The number of hydrogen-bond donors (Lipinski definition) is 1. The third-order valence-corrected chi connectivity index (χ3v) is 2.02. The van der Waals surface area contributed by atoms with Crippen LogP contribution in [0.5, 0.6) is 5.75 Å². The Hall–Kier alpha value is -0.940. The minimum atomic E-state index is -4.38. The van der Waals surface area contributed by atoms with Crippen LogP contribution >= 0.6 is 12.4 Å². The molecular weight excluding hydrogens is 243 g/mol. The van der Waals surface area contributed by atoms with Crippen molar-refractivity contribution in [1.82, 2.24) is 0 Å². The number of halogens is 4. The molecule has 0 aromatic heterocycles. The van der Waals surface area contributed by atoms with E-state index in [1.807, 2.05) is 0 Å². The summed E-state index contributed by atoms with van der Waals surface area (Å²) in [6, 6.07) is 3.03. The van der Waals surface area contributed by atoms with Gasteiger partial charge in [-0.3, -0.25) is 0 Å². The second kappa shape index (κ2) is 5.41. The Morgan fingerprint density at radius 2 is 1.81 bits per heavy atom. The Balaban J connectivity index is 0.00000225. The SMILES string of the molecule is COc1cc([C@H](C)N)cc(C(F)(F)F)c1.Cl. The predicted molar refractivity (Wildman–Crippen MR) is 57.8 cm³/mol. The van der Waals surface area contributed by atoms with Gasteiger partial charge in [-0.1, -0.05) is 0 Å². The van der Waals surface area contributed by atoms with Crippen LogP contribution in [0, 0.1) is 0 Å². The number of ether oxygens (including phenoxy) is 1. The molecule has 0 spiro atoms. The summed E-state index contributed by atoms with van der Waals surface area (Å²) in [5.74, 6) is 0.164. The topological polar surface area (TPSA) is 35.2 Å². The predicted octanol–water partition coefficient (Wildman–Crippen LogP) is 3.16. The molecule has 1 rings (SSSR count). The first-order valence-corrected chi connectivity index (χ1v) is 4.36. The summed E-state index contributed by atoms with van der Waals surface area (Å²) < 4.78 is 42.1. The molecule has 92 valence electrons. The molecule has 2 N–H and O–H groups in total. The third kappa shape index (κ3) is 3.57. The number of nitrogens with two attached hydrogens (primary N) is 1. The normalized spacial score (nSPS) is 12.9. The molecule has 0 saturated heterocycles. The molecule has 1 aromatic carbocycles. The van der Waals surface area contributed by atoms with Crippen molar-refractivity contribution in [3.63, 3.8) is 0 Å². The first-order valence-electron chi connectivity index (χ1n) is 4.36. The second-order valence-electron chi connectivity index (χ2n) is 3.28. The molecular formula is C10H13ClF3NO. The molecule has 0 aliphatic rings. The summed E-state index contributed by atoms with van der Waals surface area (Å²) in [6.45, 7) is 1.62. The van der Waals surface area contributed by atoms with Gasteiger partial charge in [-0.2, -0.15) is 13.2 Å². The van der Waals surface area contributed by atoms with Crippen LogP contribution in [0.2, 0.25) is 0 Å². The second-order valence-corrected chi connectivity index (χ2v) is 3.28. The maximum atomic E-state index is 12.5. The number of benzene rings is 1. The number of methoxy groups -OCH3 is 1. The fourth-order valence-electron chi connectivity index (χ4n) is 1.17. The van der Waals surface area contributed by atoms with E-state index in [1.54, 1.807) is 6.92 Å². The Bertz CT molecular complexity index is 352. The molecule has 0 bridgehead atoms. The van der Waals surface area contributed by atoms with Gasteiger partial charge in [0, 0.05) is 6.04 Å². The van der Waals surface area contributed by atoms with Crippen molar-refractivity contribution in [2.24, 2.45) is 5.73 Å². The van der Waals surface area contributed by atoms with E-state index >= 15 is 0 Å². The maximum Gasteiger partial charge on any atom is 0.416 e. The average Bonchev–Trinajstić information content (AvgIpc) is 2.15. The molecule has 0 fully saturated rings. The summed E-state index contributed by atoms with van der Waals surface area (Å²) in [5, 5.41) is 0. The number of hydrogen-bond acceptors (Lipinski definition) is 2. The van der Waals surface area contributed by atoms with Crippen molar-refractivity contribution in [2.45, 2.75) is 19.1 Å². The van der Waals surface area contributed by atoms with Crippen molar-refractivity contribution < 1.29 is 17.9 Å². The Labute approximate surface area is 98.0 Å². The van der Waals surface area contributed by atoms with Crippen molar-refractivity contribution in [3.8, 4) is 5.75 Å². The fourth-order valence-corrected chi connectivity index (χ4v) is 1.17. The summed E-state index contributed by atoms with van der Waals surface area (Å²) in [7, 11) is 1.32. The highest BCUT2D eigenvalue weighted by Gasteiger charge is 2.31. The van der Waals surface area contributed by atoms with Crippen LogP contribution in [0.1, 0.15) is 24.1 Å². The van der Waals surface area contributed by atoms with Gasteiger partial charge in [0.25, 0.3) is 0 Å². The van der Waals surface area contributed by atoms with E-state index in [4.69, 9.17) is 10.5 Å². The van der Waals surface area contributed by atoms with E-state index in [9.17, 15) is 13.2 Å². The maximum absolute atomic E-state index is 12.5. The summed E-state index contributed by atoms with van der Waals surface area (Å²) in [5.41, 5.74) is 5.19. The van der Waals surface area contributed by atoms with E-state index in [0.29, 0.717) is 5.56 Å². The van der Waals surface area contributed by atoms with E-state index in [2.05, 4.69) is 0 Å². The van der Waals surface area contributed by atoms with Gasteiger partial charge in [0.2, 0.25) is 0 Å². The van der Waals surface area contributed by atoms with E-state index in [1.165, 1.54) is 13.2 Å². The van der Waals surface area contributed by atoms with Gasteiger partial charge in [0.05, 0.1) is 12.7 Å². The first-order chi connectivity index (χ1) is 6.84. The Kier molecular flexibility index (Phi) is 5.09. The van der Waals surface area contributed by atoms with Gasteiger partial charge in [-0.25, -0.2) is 0 Å². The molecule has 0 radical (unpaired) electrons. The molecule has 6 heteroatoms. The summed E-state index contributed by atoms with van der Waals surface area (Å²) in [4.78, 5) is 0. The van der Waals surface area contributed by atoms with Crippen molar-refractivity contribution in [1.29, 1.82) is 0 Å². The summed E-state index contributed by atoms with van der Waals surface area (Å²) >= 11 is 0. The monoisotopic (exact) mass is 255 g/mol. The molecule has 0 aliphatic heterocycles. The highest BCUT2D eigenvalue weighted by atomic mass is 35.5. The van der Waals surface area contributed by atoms with Gasteiger partial charge >= 0.3 is 6.18 Å². The molecule has 1 atom stereocenters. The minimum absolute atomic E-state index is 0. The lowest BCUT2D eigenvalue weighted by atomic mass is 10.0. The lowest BCUT2D eigenvalue weighted by Gasteiger charge is -2.13. The Morgan fingerprint density at radius 1 is 1.25 bits per heavy atom. The van der Waals surface area contributed by atoms with E-state index in [0.717, 1.165) is 12.1 Å². The smallest absolute Gasteiger partial charge is 0.416 e. The average molecular weight is 256 g/mol. The highest BCUT2D eigenvalue weighted by Crippen LogP contribution is 2.33. The lowest BCUT2D eigenvalue weighted by molar-refractivity contribution is -0.137. The molecule has 0 amide bonds. The van der Waals surface area contributed by atoms with E-state index < -0.39 is 17.8 Å². The standard InChI is InChI=1S/C10H12F3NO.ClH/c1-6(14)7-3-8(10(11,12)13)5-9(4-7)15-2;/h3-6H,14H2,1-2H3;1H/t6-;/m0./s1. The van der Waals surface area contributed by atoms with Crippen molar-refractivity contribution in [3.05, 3.63) is 29.3 Å². The van der Waals surface area contributed by atoms with Crippen LogP contribution in [0.15, 0.2) is 18.2 Å². The van der Waals surface area contributed by atoms with Crippen molar-refractivity contribution in [2.75, 3.05) is 7.11 Å². The zero-order chi connectivity index (χ0) is 11.6. The molecule has 16 heavy (non-hydrogen) atoms. The lowest BCUT2D eigenvalue weighted by Crippen LogP contribution is -2.10. The largest absolute Gasteiger partial charge is 0.497 e. The van der Waals surface area contributed by atoms with Crippen LogP contribution in [0.3, 0.4) is 0 Å². The zero-order valence-electron chi connectivity index (χ0n) is 8.84. The number of rotatable bonds is 2. The zero-order valence-corrected chi connectivity index (χ0v) is 9.65. The molecule has 0 unspecified atom stereocenters. The molecule has 0 saturated carbocycles. The van der Waals surface area contributed by atoms with Gasteiger partial charge in [-0.15, -0.1) is 12.4 Å². The third-order valence-electron chi connectivity index (χ3n) is 2.02. The van der Waals surface area contributed by atoms with Gasteiger partial charge < -0.3 is 10.5 Å². The summed E-state index contributed by atoms with van der Waals surface area (Å²) in [6.07, 6.45) is -4.38. The molecule has 0 heterocycles. The first kappa shape index (κ1) is 15.1. The quantitative estimate of drug-likeness (QED) is 0.881. The number of alkyl halides is 3. The van der Waals surface area contributed by atoms with Gasteiger partial charge in [0.15, 0.2) is 0 Å². The van der Waals surface area contributed by atoms with Gasteiger partial charge in [0.1, 0.15) is 5.75 Å². The van der Waals surface area contributed by atoms with Crippen LogP contribution in [-0.4, -0.2) is 7.11 Å². The van der Waals surface area contributed by atoms with Gasteiger partial charge in [-0.05, 0) is 30.7 Å². The molecule has 1 aromatic rings. The van der Waals surface area contributed by atoms with Crippen molar-refractivity contribution >= 4 is 12.4 Å². The van der Waals surface area contributed by atoms with Crippen LogP contribution in [0.4, 0.5) is 13.2 Å². The minimum Gasteiger partial charge on any atom is -0.497 e. The van der Waals surface area contributed by atoms with Crippen LogP contribution in [-0.2, 0) is 6.18 Å². The highest BCUT2D eigenvalue weighted by molar-refractivity contribution is 5.85. The van der Waals surface area contributed by atoms with E-state index in [-0.39, 0.29) is 18.2 Å². The fraction of sp³-hybridized carbons (Fsp3) is 0.400. The molecule has 0 aliphatic carbocycles. The van der Waals surface area contributed by atoms with Crippen LogP contribution < -0.4 is 10.5 Å². The Morgan fingerprint density at radius 3 is 2.19 bits per heavy atom. The molecule has 2 nitrogen and oxygen atoms in total.